The first-order valence-electron chi connectivity index (χ1n) is 7.05. The maximum atomic E-state index is 12.1. The molecule has 0 saturated heterocycles. The van der Waals surface area contributed by atoms with Crippen molar-refractivity contribution in [2.45, 2.75) is 39.7 Å². The molecule has 1 saturated carbocycles. The van der Waals surface area contributed by atoms with Gasteiger partial charge in [0.1, 0.15) is 0 Å². The van der Waals surface area contributed by atoms with Crippen LogP contribution < -0.4 is 10.4 Å². The highest BCUT2D eigenvalue weighted by molar-refractivity contribution is 5.98. The molecule has 1 atom stereocenters. The van der Waals surface area contributed by atoms with Crippen LogP contribution in [0.25, 0.3) is 0 Å². The summed E-state index contributed by atoms with van der Waals surface area (Å²) in [5, 5.41) is 15.1. The molecule has 0 heterocycles. The van der Waals surface area contributed by atoms with Crippen LogP contribution in [0.5, 0.6) is 0 Å². The second-order valence-electron chi connectivity index (χ2n) is 6.33. The highest BCUT2D eigenvalue weighted by atomic mass is 16.3. The zero-order valence-electron chi connectivity index (χ0n) is 12.6. The predicted molar refractivity (Wildman–Crippen MR) is 80.0 cm³/mol. The quantitative estimate of drug-likeness (QED) is 0.684. The monoisotopic (exact) mass is 286 g/mol. The normalized spacial score (nSPS) is 23.1. The van der Waals surface area contributed by atoms with Gasteiger partial charge in [-0.3, -0.25) is 9.59 Å². The number of benzene rings is 1. The maximum Gasteiger partial charge on any atom is 0.159 e. The molecule has 1 aliphatic rings. The van der Waals surface area contributed by atoms with E-state index in [0.29, 0.717) is 24.0 Å². The lowest BCUT2D eigenvalue weighted by Crippen LogP contribution is -2.42. The lowest BCUT2D eigenvalue weighted by molar-refractivity contribution is -0.412. The van der Waals surface area contributed by atoms with Crippen LogP contribution in [-0.2, 0) is 4.79 Å². The van der Waals surface area contributed by atoms with Gasteiger partial charge in [-0.1, -0.05) is 26.4 Å². The third kappa shape index (κ3) is 3.79. The summed E-state index contributed by atoms with van der Waals surface area (Å²) in [6.07, 6.45) is 1.40. The summed E-state index contributed by atoms with van der Waals surface area (Å²) in [7, 11) is 0. The van der Waals surface area contributed by atoms with Crippen LogP contribution in [0, 0.1) is 5.41 Å². The van der Waals surface area contributed by atoms with Crippen LogP contribution in [0.2, 0.25) is 0 Å². The van der Waals surface area contributed by atoms with Gasteiger partial charge in [-0.25, -0.2) is 0 Å². The highest BCUT2D eigenvalue weighted by Gasteiger charge is 2.31. The van der Waals surface area contributed by atoms with Crippen molar-refractivity contribution in [2.75, 3.05) is 5.32 Å². The van der Waals surface area contributed by atoms with Gasteiger partial charge in [-0.15, -0.1) is 0 Å². The molecule has 4 heteroatoms. The first-order chi connectivity index (χ1) is 9.78. The largest absolute Gasteiger partial charge is 0.848 e. The molecule has 112 valence electrons. The molecule has 4 nitrogen and oxygen atoms in total. The smallest absolute Gasteiger partial charge is 0.159 e. The summed E-state index contributed by atoms with van der Waals surface area (Å²) in [5.74, 6) is -0.0803. The molecule has 0 spiro atoms. The van der Waals surface area contributed by atoms with Crippen LogP contribution in [0.4, 0.5) is 5.69 Å². The number of Topliss-reactive ketones (excluding diaryl/α,β-unsaturated/α-hetero) is 2. The van der Waals surface area contributed by atoms with Crippen LogP contribution in [0.3, 0.4) is 0 Å². The second-order valence-corrected chi connectivity index (χ2v) is 6.33. The van der Waals surface area contributed by atoms with Gasteiger partial charge >= 0.3 is 0 Å². The van der Waals surface area contributed by atoms with Crippen molar-refractivity contribution < 1.29 is 14.7 Å². The van der Waals surface area contributed by atoms with E-state index in [1.54, 1.807) is 24.3 Å². The summed E-state index contributed by atoms with van der Waals surface area (Å²) in [6, 6.07) is 6.93. The Balaban J connectivity index is 2.10. The molecule has 0 radical (unpaired) electrons. The molecule has 1 unspecified atom stereocenters. The molecular weight excluding hydrogens is 266 g/mol. The lowest BCUT2D eigenvalue weighted by Gasteiger charge is -2.39. The number of hydrogen-bond donors (Lipinski definition) is 1. The summed E-state index contributed by atoms with van der Waals surface area (Å²) in [4.78, 5) is 23.2. The fourth-order valence-electron chi connectivity index (χ4n) is 2.54. The van der Waals surface area contributed by atoms with Gasteiger partial charge in [-0.05, 0) is 42.2 Å². The van der Waals surface area contributed by atoms with Crippen molar-refractivity contribution in [3.8, 4) is 0 Å². The molecule has 1 aliphatic carbocycles. The molecule has 1 N–H and O–H groups in total. The van der Waals surface area contributed by atoms with Crippen LogP contribution >= 0.6 is 0 Å². The van der Waals surface area contributed by atoms with Crippen LogP contribution in [0.1, 0.15) is 44.0 Å². The predicted octanol–water partition coefficient (Wildman–Crippen LogP) is 2.30. The Morgan fingerprint density at radius 1 is 1.33 bits per heavy atom. The number of rotatable bonds is 3. The van der Waals surface area contributed by atoms with E-state index in [4.69, 9.17) is 0 Å². The Bertz CT molecular complexity index is 585. The number of carbonyl (C=O) groups excluding carboxylic acids is 2. The minimum atomic E-state index is -0.981. The topological polar surface area (TPSA) is 69.2 Å². The van der Waals surface area contributed by atoms with Crippen molar-refractivity contribution in [3.05, 3.63) is 41.6 Å². The van der Waals surface area contributed by atoms with Gasteiger partial charge in [-0.2, -0.15) is 0 Å². The number of ketones is 2. The van der Waals surface area contributed by atoms with Crippen molar-refractivity contribution in [3.63, 3.8) is 0 Å². The average Bonchev–Trinajstić information content (AvgIpc) is 2.36. The van der Waals surface area contributed by atoms with Crippen LogP contribution in [-0.4, -0.2) is 17.7 Å². The van der Waals surface area contributed by atoms with Crippen molar-refractivity contribution in [1.29, 1.82) is 0 Å². The zero-order chi connectivity index (χ0) is 15.6. The van der Waals surface area contributed by atoms with Crippen LogP contribution in [0.15, 0.2) is 36.0 Å². The Morgan fingerprint density at radius 3 is 2.48 bits per heavy atom. The van der Waals surface area contributed by atoms with E-state index in [-0.39, 0.29) is 17.0 Å². The molecule has 21 heavy (non-hydrogen) atoms. The van der Waals surface area contributed by atoms with Gasteiger partial charge in [0.25, 0.3) is 0 Å². The third-order valence-electron chi connectivity index (χ3n) is 3.73. The Hall–Kier alpha value is -1.94. The molecular formula is C17H20NO3-. The standard InChI is InChI=1S/C17H20NO3/c1-11(19)12-4-6-13(7-5-12)18-10-14-15(20)8-17(2,3)9-16(14)21/h4-7,10,15,18H,8-9H2,1-3H3/q-1/b14-10-. The minimum absolute atomic E-state index is 0.00390. The summed E-state index contributed by atoms with van der Waals surface area (Å²) in [6.45, 7) is 5.40. The third-order valence-corrected chi connectivity index (χ3v) is 3.73. The average molecular weight is 286 g/mol. The molecule has 2 rings (SSSR count). The molecule has 0 aromatic heterocycles. The molecule has 0 amide bonds. The Labute approximate surface area is 124 Å². The summed E-state index contributed by atoms with van der Waals surface area (Å²) < 4.78 is 0. The maximum absolute atomic E-state index is 12.1. The van der Waals surface area contributed by atoms with Crippen molar-refractivity contribution >= 4 is 17.3 Å². The van der Waals surface area contributed by atoms with Gasteiger partial charge in [0.05, 0.1) is 0 Å². The minimum Gasteiger partial charge on any atom is -0.848 e. The van der Waals surface area contributed by atoms with E-state index in [0.717, 1.165) is 5.69 Å². The van der Waals surface area contributed by atoms with Gasteiger partial charge < -0.3 is 10.4 Å². The van der Waals surface area contributed by atoms with Crippen molar-refractivity contribution in [2.24, 2.45) is 5.41 Å². The van der Waals surface area contributed by atoms with E-state index in [9.17, 15) is 14.7 Å². The Kier molecular flexibility index (Phi) is 4.28. The fraction of sp³-hybridized carbons (Fsp3) is 0.412. The molecule has 1 aromatic carbocycles. The zero-order valence-corrected chi connectivity index (χ0v) is 12.6. The molecule has 1 aromatic rings. The second kappa shape index (κ2) is 5.82. The summed E-state index contributed by atoms with van der Waals surface area (Å²) in [5.41, 5.74) is 1.47. The first kappa shape index (κ1) is 15.4. The number of nitrogens with one attached hydrogen (secondary N) is 1. The highest BCUT2D eigenvalue weighted by Crippen LogP contribution is 2.34. The molecule has 0 aliphatic heterocycles. The van der Waals surface area contributed by atoms with Gasteiger partial charge in [0, 0.05) is 23.9 Å². The number of hydrogen-bond acceptors (Lipinski definition) is 4. The van der Waals surface area contributed by atoms with E-state index >= 15 is 0 Å². The van der Waals surface area contributed by atoms with E-state index in [2.05, 4.69) is 5.32 Å². The van der Waals surface area contributed by atoms with Gasteiger partial charge in [0.15, 0.2) is 11.6 Å². The molecule has 0 bridgehead atoms. The molecule has 1 fully saturated rings. The summed E-state index contributed by atoms with van der Waals surface area (Å²) >= 11 is 0. The van der Waals surface area contributed by atoms with E-state index in [1.807, 2.05) is 13.8 Å². The fourth-order valence-corrected chi connectivity index (χ4v) is 2.54. The van der Waals surface area contributed by atoms with E-state index < -0.39 is 6.10 Å². The van der Waals surface area contributed by atoms with Gasteiger partial charge in [0.2, 0.25) is 0 Å². The number of anilines is 1. The number of carbonyl (C=O) groups is 2. The van der Waals surface area contributed by atoms with E-state index in [1.165, 1.54) is 13.1 Å². The van der Waals surface area contributed by atoms with Crippen molar-refractivity contribution in [1.82, 2.24) is 0 Å². The first-order valence-corrected chi connectivity index (χ1v) is 7.05. The SMILES string of the molecule is CC(=O)c1ccc(N/C=C2\C(=O)CC(C)(C)CC2[O-])cc1. The lowest BCUT2D eigenvalue weighted by atomic mass is 9.73. The Morgan fingerprint density at radius 2 is 1.95 bits per heavy atom.